The number of carbonyl (C=O) groups excluding carboxylic acids is 2. The van der Waals surface area contributed by atoms with E-state index in [2.05, 4.69) is 10.3 Å². The first-order chi connectivity index (χ1) is 13.0. The lowest BCUT2D eigenvalue weighted by atomic mass is 10.1. The van der Waals surface area contributed by atoms with Crippen molar-refractivity contribution in [2.75, 3.05) is 25.7 Å². The van der Waals surface area contributed by atoms with Crippen molar-refractivity contribution in [2.24, 2.45) is 5.92 Å². The number of hydrogen-bond donors (Lipinski definition) is 1. The highest BCUT2D eigenvalue weighted by molar-refractivity contribution is 6.32. The Labute approximate surface area is 162 Å². The number of methoxy groups -OCH3 is 2. The van der Waals surface area contributed by atoms with Gasteiger partial charge in [0.05, 0.1) is 43.1 Å². The maximum absolute atomic E-state index is 12.5. The van der Waals surface area contributed by atoms with E-state index in [9.17, 15) is 9.59 Å². The minimum atomic E-state index is -0.451. The van der Waals surface area contributed by atoms with Gasteiger partial charge in [-0.05, 0) is 12.1 Å². The van der Waals surface area contributed by atoms with Gasteiger partial charge in [0.1, 0.15) is 11.5 Å². The number of benzene rings is 1. The molecule has 0 radical (unpaired) electrons. The van der Waals surface area contributed by atoms with E-state index < -0.39 is 5.92 Å². The molecule has 7 nitrogen and oxygen atoms in total. The smallest absolute Gasteiger partial charge is 0.227 e. The molecule has 0 spiro atoms. The Morgan fingerprint density at radius 1 is 1.30 bits per heavy atom. The molecule has 1 aromatic carbocycles. The van der Waals surface area contributed by atoms with E-state index in [1.807, 2.05) is 18.2 Å². The fourth-order valence-corrected chi connectivity index (χ4v) is 3.23. The maximum Gasteiger partial charge on any atom is 0.227 e. The number of nitrogens with one attached hydrogen (secondary N) is 1. The van der Waals surface area contributed by atoms with Crippen LogP contribution in [0.15, 0.2) is 36.5 Å². The highest BCUT2D eigenvalue weighted by atomic mass is 35.5. The van der Waals surface area contributed by atoms with Crippen molar-refractivity contribution in [1.82, 2.24) is 10.3 Å². The van der Waals surface area contributed by atoms with Crippen LogP contribution in [0.2, 0.25) is 5.02 Å². The van der Waals surface area contributed by atoms with Gasteiger partial charge in [-0.3, -0.25) is 14.6 Å². The largest absolute Gasteiger partial charge is 0.495 e. The molecule has 8 heteroatoms. The van der Waals surface area contributed by atoms with Crippen LogP contribution in [0.3, 0.4) is 0 Å². The number of amides is 2. The summed E-state index contributed by atoms with van der Waals surface area (Å²) in [5, 5.41) is 3.22. The van der Waals surface area contributed by atoms with Crippen LogP contribution in [-0.4, -0.2) is 37.6 Å². The molecule has 1 unspecified atom stereocenters. The lowest BCUT2D eigenvalue weighted by Gasteiger charge is -2.21. The number of rotatable bonds is 6. The van der Waals surface area contributed by atoms with E-state index in [0.717, 1.165) is 5.69 Å². The quantitative estimate of drug-likeness (QED) is 0.820. The third kappa shape index (κ3) is 4.14. The number of carbonyl (C=O) groups is 2. The third-order valence-corrected chi connectivity index (χ3v) is 4.71. The van der Waals surface area contributed by atoms with Crippen LogP contribution >= 0.6 is 11.6 Å². The fraction of sp³-hybridized carbons (Fsp3) is 0.316. The zero-order valence-corrected chi connectivity index (χ0v) is 15.8. The monoisotopic (exact) mass is 389 g/mol. The summed E-state index contributed by atoms with van der Waals surface area (Å²) in [6.45, 7) is 0.580. The van der Waals surface area contributed by atoms with Gasteiger partial charge in [-0.1, -0.05) is 17.7 Å². The Kier molecular flexibility index (Phi) is 5.81. The van der Waals surface area contributed by atoms with Crippen LogP contribution in [0.4, 0.5) is 5.69 Å². The summed E-state index contributed by atoms with van der Waals surface area (Å²) in [7, 11) is 3.00. The number of pyridine rings is 1. The summed E-state index contributed by atoms with van der Waals surface area (Å²) in [6, 6.07) is 8.74. The number of hydrogen-bond acceptors (Lipinski definition) is 5. The summed E-state index contributed by atoms with van der Waals surface area (Å²) in [4.78, 5) is 30.7. The summed E-state index contributed by atoms with van der Waals surface area (Å²) in [5.41, 5.74) is 1.29. The Balaban J connectivity index is 1.73. The van der Waals surface area contributed by atoms with Crippen molar-refractivity contribution in [1.29, 1.82) is 0 Å². The maximum atomic E-state index is 12.5. The van der Waals surface area contributed by atoms with Crippen molar-refractivity contribution in [3.05, 3.63) is 47.2 Å². The van der Waals surface area contributed by atoms with Gasteiger partial charge in [-0.15, -0.1) is 0 Å². The summed E-state index contributed by atoms with van der Waals surface area (Å²) < 4.78 is 10.6. The summed E-state index contributed by atoms with van der Waals surface area (Å²) in [5.74, 6) is 0.0895. The molecule has 1 aliphatic rings. The van der Waals surface area contributed by atoms with E-state index in [0.29, 0.717) is 28.8 Å². The number of aromatic nitrogens is 1. The van der Waals surface area contributed by atoms with Crippen molar-refractivity contribution < 1.29 is 19.1 Å². The summed E-state index contributed by atoms with van der Waals surface area (Å²) in [6.07, 6.45) is 1.80. The molecule has 1 N–H and O–H groups in total. The minimum Gasteiger partial charge on any atom is -0.495 e. The topological polar surface area (TPSA) is 80.8 Å². The number of halogens is 1. The average Bonchev–Trinajstić information content (AvgIpc) is 3.08. The number of ether oxygens (including phenoxy) is 2. The zero-order chi connectivity index (χ0) is 19.4. The Hall–Kier alpha value is -2.80. The van der Waals surface area contributed by atoms with Crippen molar-refractivity contribution in [2.45, 2.75) is 13.0 Å². The molecule has 1 aromatic heterocycles. The van der Waals surface area contributed by atoms with Gasteiger partial charge in [0.15, 0.2) is 0 Å². The number of anilines is 1. The van der Waals surface area contributed by atoms with Crippen LogP contribution in [0.1, 0.15) is 12.1 Å². The van der Waals surface area contributed by atoms with Gasteiger partial charge < -0.3 is 19.7 Å². The summed E-state index contributed by atoms with van der Waals surface area (Å²) >= 11 is 6.12. The first kappa shape index (κ1) is 19.0. The lowest BCUT2D eigenvalue weighted by molar-refractivity contribution is -0.126. The van der Waals surface area contributed by atoms with Crippen molar-refractivity contribution in [3.63, 3.8) is 0 Å². The fourth-order valence-electron chi connectivity index (χ4n) is 3.00. The van der Waals surface area contributed by atoms with Gasteiger partial charge in [-0.25, -0.2) is 0 Å². The van der Waals surface area contributed by atoms with E-state index in [4.69, 9.17) is 21.1 Å². The van der Waals surface area contributed by atoms with Gasteiger partial charge in [0, 0.05) is 31.3 Å². The van der Waals surface area contributed by atoms with Crippen LogP contribution in [-0.2, 0) is 16.1 Å². The standard InChI is InChI=1S/C19H20ClN3O4/c1-26-16-9-15(17(27-2)8-14(16)20)23-11-12(7-18(23)24)19(25)22-10-13-5-3-4-6-21-13/h3-6,8-9,12H,7,10-11H2,1-2H3,(H,22,25). The highest BCUT2D eigenvalue weighted by Gasteiger charge is 2.36. The van der Waals surface area contributed by atoms with Gasteiger partial charge in [0.25, 0.3) is 0 Å². The Morgan fingerprint density at radius 3 is 2.74 bits per heavy atom. The average molecular weight is 390 g/mol. The van der Waals surface area contributed by atoms with Crippen molar-refractivity contribution in [3.8, 4) is 11.5 Å². The SMILES string of the molecule is COc1cc(N2CC(C(=O)NCc3ccccn3)CC2=O)c(OC)cc1Cl. The molecule has 2 heterocycles. The molecule has 27 heavy (non-hydrogen) atoms. The van der Waals surface area contributed by atoms with Gasteiger partial charge in [0.2, 0.25) is 11.8 Å². The second-order valence-corrected chi connectivity index (χ2v) is 6.51. The van der Waals surface area contributed by atoms with Gasteiger partial charge in [-0.2, -0.15) is 0 Å². The second kappa shape index (κ2) is 8.26. The van der Waals surface area contributed by atoms with Crippen LogP contribution in [0.5, 0.6) is 11.5 Å². The van der Waals surface area contributed by atoms with E-state index in [1.54, 1.807) is 18.3 Å². The number of nitrogens with zero attached hydrogens (tertiary/aromatic N) is 2. The molecule has 1 aliphatic heterocycles. The van der Waals surface area contributed by atoms with Crippen LogP contribution in [0.25, 0.3) is 0 Å². The molecular weight excluding hydrogens is 370 g/mol. The first-order valence-electron chi connectivity index (χ1n) is 8.43. The predicted octanol–water partition coefficient (Wildman–Crippen LogP) is 2.42. The van der Waals surface area contributed by atoms with Crippen molar-refractivity contribution >= 4 is 29.1 Å². The Bertz CT molecular complexity index is 844. The van der Waals surface area contributed by atoms with Crippen LogP contribution in [0, 0.1) is 5.92 Å². The van der Waals surface area contributed by atoms with E-state index in [1.165, 1.54) is 19.1 Å². The molecule has 0 aliphatic carbocycles. The molecule has 0 bridgehead atoms. The second-order valence-electron chi connectivity index (χ2n) is 6.10. The molecule has 1 atom stereocenters. The minimum absolute atomic E-state index is 0.127. The molecule has 142 valence electrons. The molecule has 2 aromatic rings. The molecule has 1 saturated heterocycles. The molecule has 0 saturated carbocycles. The van der Waals surface area contributed by atoms with E-state index in [-0.39, 0.29) is 24.8 Å². The zero-order valence-electron chi connectivity index (χ0n) is 15.1. The van der Waals surface area contributed by atoms with E-state index >= 15 is 0 Å². The highest BCUT2D eigenvalue weighted by Crippen LogP contribution is 2.40. The predicted molar refractivity (Wildman–Crippen MR) is 101 cm³/mol. The van der Waals surface area contributed by atoms with Crippen LogP contribution < -0.4 is 19.7 Å². The van der Waals surface area contributed by atoms with Gasteiger partial charge >= 0.3 is 0 Å². The molecule has 3 rings (SSSR count). The molecule has 1 fully saturated rings. The normalized spacial score (nSPS) is 16.3. The third-order valence-electron chi connectivity index (χ3n) is 4.41. The molecule has 2 amide bonds. The molecular formula is C19H20ClN3O4. The Morgan fingerprint density at radius 2 is 2.07 bits per heavy atom. The first-order valence-corrected chi connectivity index (χ1v) is 8.80. The lowest BCUT2D eigenvalue weighted by Crippen LogP contribution is -2.32.